The van der Waals surface area contributed by atoms with Crippen molar-refractivity contribution < 1.29 is 9.18 Å². The Morgan fingerprint density at radius 2 is 1.95 bits per heavy atom. The second kappa shape index (κ2) is 5.69. The minimum Gasteiger partial charge on any atom is -0.396 e. The summed E-state index contributed by atoms with van der Waals surface area (Å²) in [4.78, 5) is 12.1. The lowest BCUT2D eigenvalue weighted by atomic mass is 10.1. The number of benzene rings is 2. The predicted octanol–water partition coefficient (Wildman–Crippen LogP) is 4.28. The number of halogens is 3. The normalized spacial score (nSPS) is 10.4. The molecule has 1 amide bonds. The third kappa shape index (κ3) is 2.86. The molecule has 0 aliphatic heterocycles. The van der Waals surface area contributed by atoms with E-state index in [2.05, 4.69) is 5.32 Å². The SMILES string of the molecule is Cc1ccc(Cl)c(NC(=O)c2ccc(N)c(F)c2)c1Cl. The molecule has 0 radical (unpaired) electrons. The van der Waals surface area contributed by atoms with Crippen molar-refractivity contribution >= 4 is 40.5 Å². The summed E-state index contributed by atoms with van der Waals surface area (Å²) in [5, 5.41) is 3.23. The Balaban J connectivity index is 2.32. The Morgan fingerprint density at radius 1 is 1.25 bits per heavy atom. The number of rotatable bonds is 2. The Morgan fingerprint density at radius 3 is 2.60 bits per heavy atom. The van der Waals surface area contributed by atoms with Crippen molar-refractivity contribution in [2.45, 2.75) is 6.92 Å². The zero-order valence-corrected chi connectivity index (χ0v) is 12.0. The number of nitrogens with one attached hydrogen (secondary N) is 1. The number of nitrogens with two attached hydrogens (primary N) is 1. The predicted molar refractivity (Wildman–Crippen MR) is 80.0 cm³/mol. The maximum Gasteiger partial charge on any atom is 0.255 e. The summed E-state index contributed by atoms with van der Waals surface area (Å²) in [5.41, 5.74) is 6.54. The summed E-state index contributed by atoms with van der Waals surface area (Å²) in [6.07, 6.45) is 0. The molecule has 6 heteroatoms. The molecule has 0 saturated heterocycles. The van der Waals surface area contributed by atoms with E-state index in [0.29, 0.717) is 15.7 Å². The lowest BCUT2D eigenvalue weighted by molar-refractivity contribution is 0.102. The number of carbonyl (C=O) groups is 1. The number of aryl methyl sites for hydroxylation is 1. The fraction of sp³-hybridized carbons (Fsp3) is 0.0714. The standard InChI is InChI=1S/C14H11Cl2FN2O/c1-7-2-4-9(15)13(12(7)16)19-14(20)8-3-5-11(18)10(17)6-8/h2-6H,18H2,1H3,(H,19,20). The number of amides is 1. The molecule has 2 rings (SSSR count). The third-order valence-corrected chi connectivity index (χ3v) is 3.59. The van der Waals surface area contributed by atoms with E-state index in [9.17, 15) is 9.18 Å². The van der Waals surface area contributed by atoms with E-state index in [-0.39, 0.29) is 11.3 Å². The average Bonchev–Trinajstić information content (AvgIpc) is 2.42. The van der Waals surface area contributed by atoms with Gasteiger partial charge in [0.1, 0.15) is 5.82 Å². The van der Waals surface area contributed by atoms with Gasteiger partial charge in [0.2, 0.25) is 0 Å². The molecule has 3 nitrogen and oxygen atoms in total. The maximum atomic E-state index is 13.3. The van der Waals surface area contributed by atoms with E-state index in [4.69, 9.17) is 28.9 Å². The Bertz CT molecular complexity index is 689. The summed E-state index contributed by atoms with van der Waals surface area (Å²) < 4.78 is 13.3. The van der Waals surface area contributed by atoms with Gasteiger partial charge < -0.3 is 11.1 Å². The molecule has 0 aliphatic carbocycles. The van der Waals surface area contributed by atoms with Crippen molar-refractivity contribution in [3.63, 3.8) is 0 Å². The van der Waals surface area contributed by atoms with Gasteiger partial charge >= 0.3 is 0 Å². The van der Waals surface area contributed by atoms with Crippen molar-refractivity contribution in [3.8, 4) is 0 Å². The first-order valence-electron chi connectivity index (χ1n) is 5.71. The molecule has 0 heterocycles. The highest BCUT2D eigenvalue weighted by Gasteiger charge is 2.14. The van der Waals surface area contributed by atoms with Crippen LogP contribution < -0.4 is 11.1 Å². The molecular weight excluding hydrogens is 302 g/mol. The van der Waals surface area contributed by atoms with E-state index in [0.717, 1.165) is 11.6 Å². The van der Waals surface area contributed by atoms with E-state index >= 15 is 0 Å². The molecule has 0 aromatic heterocycles. The molecule has 0 atom stereocenters. The van der Waals surface area contributed by atoms with Crippen LogP contribution in [0.25, 0.3) is 0 Å². The number of anilines is 2. The van der Waals surface area contributed by atoms with Crippen LogP contribution in [0.1, 0.15) is 15.9 Å². The van der Waals surface area contributed by atoms with Gasteiger partial charge in [0.15, 0.2) is 0 Å². The summed E-state index contributed by atoms with van der Waals surface area (Å²) in [7, 11) is 0. The van der Waals surface area contributed by atoms with Crippen LogP contribution in [-0.2, 0) is 0 Å². The summed E-state index contributed by atoms with van der Waals surface area (Å²) in [6.45, 7) is 1.79. The van der Waals surface area contributed by atoms with Gasteiger partial charge in [-0.1, -0.05) is 29.3 Å². The van der Waals surface area contributed by atoms with Gasteiger partial charge in [-0.25, -0.2) is 4.39 Å². The molecule has 3 N–H and O–H groups in total. The molecule has 2 aromatic rings. The van der Waals surface area contributed by atoms with Crippen LogP contribution in [0.5, 0.6) is 0 Å². The zero-order valence-electron chi connectivity index (χ0n) is 10.5. The van der Waals surface area contributed by atoms with Crippen molar-refractivity contribution in [1.82, 2.24) is 0 Å². The number of nitrogen functional groups attached to an aromatic ring is 1. The zero-order chi connectivity index (χ0) is 14.9. The fourth-order valence-corrected chi connectivity index (χ4v) is 2.09. The van der Waals surface area contributed by atoms with E-state index in [1.165, 1.54) is 12.1 Å². The minimum absolute atomic E-state index is 0.0202. The van der Waals surface area contributed by atoms with Gasteiger partial charge in [0, 0.05) is 5.56 Å². The van der Waals surface area contributed by atoms with Crippen LogP contribution >= 0.6 is 23.2 Å². The van der Waals surface area contributed by atoms with Crippen LogP contribution in [-0.4, -0.2) is 5.91 Å². The Labute approximate surface area is 125 Å². The van der Waals surface area contributed by atoms with Gasteiger partial charge in [-0.3, -0.25) is 4.79 Å². The van der Waals surface area contributed by atoms with E-state index in [1.807, 2.05) is 0 Å². The summed E-state index contributed by atoms with van der Waals surface area (Å²) in [6, 6.07) is 7.17. The second-order valence-corrected chi connectivity index (χ2v) is 5.03. The van der Waals surface area contributed by atoms with Crippen LogP contribution in [0.2, 0.25) is 10.0 Å². The highest BCUT2D eigenvalue weighted by Crippen LogP contribution is 2.33. The highest BCUT2D eigenvalue weighted by molar-refractivity contribution is 6.40. The first kappa shape index (κ1) is 14.6. The first-order valence-corrected chi connectivity index (χ1v) is 6.46. The first-order chi connectivity index (χ1) is 9.40. The van der Waals surface area contributed by atoms with Crippen molar-refractivity contribution in [2.24, 2.45) is 0 Å². The summed E-state index contributed by atoms with van der Waals surface area (Å²) >= 11 is 12.1. The number of carbonyl (C=O) groups excluding carboxylic acids is 1. The van der Waals surface area contributed by atoms with Crippen LogP contribution in [0.15, 0.2) is 30.3 Å². The molecule has 20 heavy (non-hydrogen) atoms. The minimum atomic E-state index is -0.654. The van der Waals surface area contributed by atoms with Crippen molar-refractivity contribution in [2.75, 3.05) is 11.1 Å². The number of hydrogen-bond acceptors (Lipinski definition) is 2. The smallest absolute Gasteiger partial charge is 0.255 e. The largest absolute Gasteiger partial charge is 0.396 e. The molecule has 0 spiro atoms. The third-order valence-electron chi connectivity index (χ3n) is 2.79. The van der Waals surface area contributed by atoms with Gasteiger partial charge in [0.05, 0.1) is 21.4 Å². The molecular formula is C14H11Cl2FN2O. The quantitative estimate of drug-likeness (QED) is 0.813. The fourth-order valence-electron chi connectivity index (χ4n) is 1.63. The van der Waals surface area contributed by atoms with Crippen LogP contribution in [0.4, 0.5) is 15.8 Å². The number of hydrogen-bond donors (Lipinski definition) is 2. The van der Waals surface area contributed by atoms with Gasteiger partial charge in [0.25, 0.3) is 5.91 Å². The second-order valence-electron chi connectivity index (χ2n) is 4.24. The monoisotopic (exact) mass is 312 g/mol. The molecule has 0 bridgehead atoms. The Hall–Kier alpha value is -1.78. The molecule has 0 saturated carbocycles. The molecule has 0 fully saturated rings. The van der Waals surface area contributed by atoms with Gasteiger partial charge in [-0.05, 0) is 36.8 Å². The van der Waals surface area contributed by atoms with Gasteiger partial charge in [-0.15, -0.1) is 0 Å². The van der Waals surface area contributed by atoms with Gasteiger partial charge in [-0.2, -0.15) is 0 Å². The lowest BCUT2D eigenvalue weighted by Gasteiger charge is -2.11. The topological polar surface area (TPSA) is 55.1 Å². The molecule has 0 unspecified atom stereocenters. The lowest BCUT2D eigenvalue weighted by Crippen LogP contribution is -2.13. The Kier molecular flexibility index (Phi) is 4.16. The molecule has 104 valence electrons. The average molecular weight is 313 g/mol. The van der Waals surface area contributed by atoms with E-state index < -0.39 is 11.7 Å². The maximum absolute atomic E-state index is 13.3. The van der Waals surface area contributed by atoms with Crippen molar-refractivity contribution in [3.05, 3.63) is 57.3 Å². The van der Waals surface area contributed by atoms with Crippen LogP contribution in [0.3, 0.4) is 0 Å². The van der Waals surface area contributed by atoms with Crippen LogP contribution in [0, 0.1) is 12.7 Å². The molecule has 2 aromatic carbocycles. The van der Waals surface area contributed by atoms with E-state index in [1.54, 1.807) is 19.1 Å². The highest BCUT2D eigenvalue weighted by atomic mass is 35.5. The van der Waals surface area contributed by atoms with Crippen molar-refractivity contribution in [1.29, 1.82) is 0 Å². The summed E-state index contributed by atoms with van der Waals surface area (Å²) in [5.74, 6) is -1.17. The molecule has 0 aliphatic rings.